The zero-order valence-electron chi connectivity index (χ0n) is 28.1. The molecule has 6 aliphatic heterocycles. The highest BCUT2D eigenvalue weighted by Crippen LogP contribution is 2.48. The molecule has 4 amide bonds. The van der Waals surface area contributed by atoms with Crippen LogP contribution in [0.2, 0.25) is 0 Å². The van der Waals surface area contributed by atoms with E-state index in [2.05, 4.69) is 59.4 Å². The summed E-state index contributed by atoms with van der Waals surface area (Å²) in [6.45, 7) is 6.18. The van der Waals surface area contributed by atoms with Gasteiger partial charge in [0.15, 0.2) is 6.29 Å². The molecule has 2 unspecified atom stereocenters. The molecule has 13 nitrogen and oxygen atoms in total. The minimum atomic E-state index is -0.597. The minimum Gasteiger partial charge on any atom is -0.398 e. The number of rotatable bonds is 4. The van der Waals surface area contributed by atoms with E-state index in [1.54, 1.807) is 11.0 Å². The Morgan fingerprint density at radius 2 is 1.52 bits per heavy atom. The van der Waals surface area contributed by atoms with E-state index in [1.165, 1.54) is 5.69 Å². The van der Waals surface area contributed by atoms with Crippen LogP contribution in [-0.2, 0) is 16.1 Å². The van der Waals surface area contributed by atoms with Gasteiger partial charge in [0.2, 0.25) is 11.8 Å². The number of nitrogens with two attached hydrogens (primary N) is 1. The predicted octanol–water partition coefficient (Wildman–Crippen LogP) is 2.44. The molecule has 3 aromatic rings. The lowest BCUT2D eigenvalue weighted by molar-refractivity contribution is -0.136. The van der Waals surface area contributed by atoms with E-state index in [0.717, 1.165) is 80.4 Å². The molecule has 6 aliphatic rings. The molecule has 3 fully saturated rings. The van der Waals surface area contributed by atoms with Crippen LogP contribution in [0, 0.1) is 0 Å². The van der Waals surface area contributed by atoms with Crippen LogP contribution >= 0.6 is 0 Å². The van der Waals surface area contributed by atoms with Gasteiger partial charge in [-0.05, 0) is 73.4 Å². The molecule has 0 radical (unpaired) electrons. The van der Waals surface area contributed by atoms with Gasteiger partial charge in [-0.1, -0.05) is 6.07 Å². The van der Waals surface area contributed by atoms with Gasteiger partial charge in [-0.2, -0.15) is 0 Å². The topological polar surface area (TPSA) is 138 Å². The normalized spacial score (nSPS) is 23.8. The summed E-state index contributed by atoms with van der Waals surface area (Å²) in [7, 11) is 2.02. The van der Waals surface area contributed by atoms with E-state index in [1.807, 2.05) is 31.3 Å². The van der Waals surface area contributed by atoms with Gasteiger partial charge in [0.1, 0.15) is 6.04 Å². The lowest BCUT2D eigenvalue weighted by Crippen LogP contribution is -2.55. The molecule has 4 N–H and O–H groups in total. The van der Waals surface area contributed by atoms with Crippen molar-refractivity contribution in [2.24, 2.45) is 0 Å². The number of hydrogen-bond donors (Lipinski definition) is 3. The number of carbonyl (C=O) groups excluding carboxylic acids is 4. The molecule has 13 heteroatoms. The quantitative estimate of drug-likeness (QED) is 0.279. The van der Waals surface area contributed by atoms with Crippen molar-refractivity contribution >= 4 is 57.8 Å². The van der Waals surface area contributed by atoms with Crippen molar-refractivity contribution in [2.75, 3.05) is 71.6 Å². The molecule has 0 bridgehead atoms. The average Bonchev–Trinajstić information content (AvgIpc) is 3.60. The lowest BCUT2D eigenvalue weighted by Gasteiger charge is -2.44. The third-order valence-corrected chi connectivity index (χ3v) is 11.6. The van der Waals surface area contributed by atoms with Crippen molar-refractivity contribution in [3.63, 3.8) is 0 Å². The second-order valence-corrected chi connectivity index (χ2v) is 14.2. The van der Waals surface area contributed by atoms with E-state index in [4.69, 9.17) is 5.73 Å². The van der Waals surface area contributed by atoms with Crippen LogP contribution in [0.4, 0.5) is 34.1 Å². The van der Waals surface area contributed by atoms with Crippen molar-refractivity contribution in [2.45, 2.75) is 50.6 Å². The first-order valence-corrected chi connectivity index (χ1v) is 17.6. The Morgan fingerprint density at radius 1 is 0.780 bits per heavy atom. The van der Waals surface area contributed by atoms with Gasteiger partial charge in [-0.3, -0.25) is 29.4 Å². The summed E-state index contributed by atoms with van der Waals surface area (Å²) in [5.41, 5.74) is 14.1. The summed E-state index contributed by atoms with van der Waals surface area (Å²) >= 11 is 0. The second-order valence-electron chi connectivity index (χ2n) is 14.2. The maximum atomic E-state index is 13.1. The fourth-order valence-electron chi connectivity index (χ4n) is 8.84. The molecular formula is C37H41N9O4. The SMILES string of the molecule is CN1c2cc(N3CCC(N4CCN(c5ccc6c(c5)CN(C5CCC(=O)NC5=O)C6=O)CC4)CC3)ccc2N2c3cccc(N)c3C(=O)NC12. The maximum Gasteiger partial charge on any atom is 0.258 e. The fraction of sp³-hybridized carbons (Fsp3) is 0.405. The summed E-state index contributed by atoms with van der Waals surface area (Å²) in [6, 6.07) is 18.2. The molecule has 258 valence electrons. The third kappa shape index (κ3) is 4.85. The number of nitrogens with zero attached hydrogens (tertiary/aromatic N) is 6. The van der Waals surface area contributed by atoms with Crippen LogP contribution in [-0.4, -0.2) is 98.1 Å². The summed E-state index contributed by atoms with van der Waals surface area (Å²) in [5.74, 6) is -0.939. The largest absolute Gasteiger partial charge is 0.398 e. The molecule has 0 aliphatic carbocycles. The van der Waals surface area contributed by atoms with Gasteiger partial charge in [-0.25, -0.2) is 0 Å². The molecule has 0 aromatic heterocycles. The van der Waals surface area contributed by atoms with Gasteiger partial charge in [-0.15, -0.1) is 0 Å². The van der Waals surface area contributed by atoms with Gasteiger partial charge >= 0.3 is 0 Å². The van der Waals surface area contributed by atoms with E-state index in [0.29, 0.717) is 35.8 Å². The number of piperidine rings is 2. The number of piperazine rings is 1. The van der Waals surface area contributed by atoms with Crippen LogP contribution in [0.25, 0.3) is 0 Å². The van der Waals surface area contributed by atoms with Gasteiger partial charge in [0.25, 0.3) is 11.8 Å². The maximum absolute atomic E-state index is 13.1. The Morgan fingerprint density at radius 3 is 2.30 bits per heavy atom. The number of anilines is 6. The van der Waals surface area contributed by atoms with Crippen LogP contribution in [0.3, 0.4) is 0 Å². The smallest absolute Gasteiger partial charge is 0.258 e. The van der Waals surface area contributed by atoms with E-state index >= 15 is 0 Å². The van der Waals surface area contributed by atoms with E-state index in [9.17, 15) is 19.2 Å². The lowest BCUT2D eigenvalue weighted by atomic mass is 10.0. The number of carbonyl (C=O) groups is 4. The number of nitrogen functional groups attached to an aromatic ring is 1. The number of imide groups is 1. The second kappa shape index (κ2) is 11.7. The molecule has 6 heterocycles. The van der Waals surface area contributed by atoms with Crippen LogP contribution in [0.15, 0.2) is 54.6 Å². The van der Waals surface area contributed by atoms with Gasteiger partial charge in [0, 0.05) is 87.9 Å². The van der Waals surface area contributed by atoms with Crippen LogP contribution in [0.1, 0.15) is 52.0 Å². The average molecular weight is 676 g/mol. The number of amides is 4. The Balaban J connectivity index is 0.815. The van der Waals surface area contributed by atoms with Crippen molar-refractivity contribution in [3.05, 3.63) is 71.3 Å². The number of hydrogen-bond acceptors (Lipinski definition) is 10. The molecule has 0 spiro atoms. The summed E-state index contributed by atoms with van der Waals surface area (Å²) in [5, 5.41) is 5.51. The molecule has 50 heavy (non-hydrogen) atoms. The molecule has 0 saturated carbocycles. The molecule has 3 saturated heterocycles. The molecule has 9 rings (SSSR count). The van der Waals surface area contributed by atoms with Crippen molar-refractivity contribution in [1.82, 2.24) is 20.4 Å². The zero-order chi connectivity index (χ0) is 34.3. The summed E-state index contributed by atoms with van der Waals surface area (Å²) in [4.78, 5) is 63.6. The fourth-order valence-corrected chi connectivity index (χ4v) is 8.84. The van der Waals surface area contributed by atoms with Gasteiger partial charge in [0.05, 0.1) is 22.6 Å². The predicted molar refractivity (Wildman–Crippen MR) is 191 cm³/mol. The van der Waals surface area contributed by atoms with Crippen molar-refractivity contribution in [1.29, 1.82) is 0 Å². The monoisotopic (exact) mass is 675 g/mol. The Hall–Kier alpha value is -5.30. The highest BCUT2D eigenvalue weighted by Gasteiger charge is 2.43. The van der Waals surface area contributed by atoms with Gasteiger partial charge < -0.3 is 35.6 Å². The Bertz CT molecular complexity index is 1930. The van der Waals surface area contributed by atoms with E-state index in [-0.39, 0.29) is 36.3 Å². The number of nitrogens with one attached hydrogen (secondary N) is 2. The Labute approximate surface area is 290 Å². The first-order valence-electron chi connectivity index (χ1n) is 17.6. The zero-order valence-corrected chi connectivity index (χ0v) is 28.1. The summed E-state index contributed by atoms with van der Waals surface area (Å²) in [6.07, 6.45) is 2.53. The van der Waals surface area contributed by atoms with Crippen LogP contribution in [0.5, 0.6) is 0 Å². The van der Waals surface area contributed by atoms with E-state index < -0.39 is 6.04 Å². The number of fused-ring (bicyclic) bond motifs is 6. The standard InChI is InChI=1S/C37H41N9O4/c1-41-31-20-25(6-8-28(31)46-29-4-2-3-27(38)33(29)35(49)40-37(41)46)42-13-11-23(12-14-42)43-15-17-44(18-16-43)24-5-7-26-22(19-24)21-45(36(26)50)30-9-10-32(47)39-34(30)48/h2-8,19-20,23,30,37H,9-18,21,38H2,1H3,(H,40,49)(H,39,47,48). The molecular weight excluding hydrogens is 634 g/mol. The highest BCUT2D eigenvalue weighted by atomic mass is 16.2. The molecule has 2 atom stereocenters. The number of benzene rings is 3. The third-order valence-electron chi connectivity index (χ3n) is 11.6. The summed E-state index contributed by atoms with van der Waals surface area (Å²) < 4.78 is 0. The van der Waals surface area contributed by atoms with Crippen LogP contribution < -0.4 is 36.0 Å². The first kappa shape index (κ1) is 30.7. The van der Waals surface area contributed by atoms with Crippen molar-refractivity contribution in [3.8, 4) is 0 Å². The Kier molecular flexibility index (Phi) is 7.16. The highest BCUT2D eigenvalue weighted by molar-refractivity contribution is 6.09. The minimum absolute atomic E-state index is 0.134. The van der Waals surface area contributed by atoms with Crippen molar-refractivity contribution < 1.29 is 19.2 Å². The molecule has 3 aromatic carbocycles. The first-order chi connectivity index (χ1) is 24.2.